The summed E-state index contributed by atoms with van der Waals surface area (Å²) in [5.74, 6) is 0.339. The largest absolute Gasteiger partial charge is 0.388 e. The van der Waals surface area contributed by atoms with Crippen LogP contribution in [0.3, 0.4) is 0 Å². The summed E-state index contributed by atoms with van der Waals surface area (Å²) in [4.78, 5) is 0. The molecule has 1 nitrogen and oxygen atoms in total. The van der Waals surface area contributed by atoms with Crippen LogP contribution in [0.5, 0.6) is 0 Å². The predicted molar refractivity (Wildman–Crippen MR) is 43.3 cm³/mol. The van der Waals surface area contributed by atoms with Crippen molar-refractivity contribution in [2.75, 3.05) is 5.88 Å². The Kier molecular flexibility index (Phi) is 2.37. The lowest BCUT2D eigenvalue weighted by Crippen LogP contribution is -2.33. The molecule has 1 aliphatic rings. The maximum Gasteiger partial charge on any atom is 0.0819 e. The molecule has 0 aliphatic heterocycles. The molecule has 0 spiro atoms. The molecule has 1 saturated carbocycles. The van der Waals surface area contributed by atoms with E-state index in [9.17, 15) is 5.11 Å². The third-order valence-electron chi connectivity index (χ3n) is 2.00. The van der Waals surface area contributed by atoms with Crippen LogP contribution in [0.1, 0.15) is 25.7 Å². The molecule has 1 rings (SSSR count). The minimum absolute atomic E-state index is 0.339. The van der Waals surface area contributed by atoms with Crippen molar-refractivity contribution in [1.82, 2.24) is 0 Å². The summed E-state index contributed by atoms with van der Waals surface area (Å²) in [5, 5.41) is 9.66. The van der Waals surface area contributed by atoms with E-state index in [0.717, 1.165) is 24.8 Å². The van der Waals surface area contributed by atoms with Gasteiger partial charge in [0.2, 0.25) is 0 Å². The number of aliphatic hydroxyl groups is 1. The van der Waals surface area contributed by atoms with Gasteiger partial charge in [0.25, 0.3) is 0 Å². The zero-order valence-corrected chi connectivity index (χ0v) is 6.82. The Balaban J connectivity index is 2.53. The second-order valence-corrected chi connectivity index (χ2v) is 3.41. The van der Waals surface area contributed by atoms with E-state index in [0.29, 0.717) is 12.3 Å². The standard InChI is InChI=1S/C8H13ClO/c1-7-3-2-4-8(10,5-7)6-9/h10H,1-6H2. The zero-order chi connectivity index (χ0) is 7.61. The first kappa shape index (κ1) is 8.09. The maximum absolute atomic E-state index is 9.66. The third kappa shape index (κ3) is 1.74. The average molecular weight is 161 g/mol. The summed E-state index contributed by atoms with van der Waals surface area (Å²) >= 11 is 5.60. The summed E-state index contributed by atoms with van der Waals surface area (Å²) in [5.41, 5.74) is 0.492. The predicted octanol–water partition coefficient (Wildman–Crippen LogP) is 2.09. The molecule has 0 aromatic heterocycles. The van der Waals surface area contributed by atoms with Crippen molar-refractivity contribution in [3.63, 3.8) is 0 Å². The zero-order valence-electron chi connectivity index (χ0n) is 6.07. The fraction of sp³-hybridized carbons (Fsp3) is 0.750. The monoisotopic (exact) mass is 160 g/mol. The number of halogens is 1. The van der Waals surface area contributed by atoms with Gasteiger partial charge < -0.3 is 5.11 Å². The topological polar surface area (TPSA) is 20.2 Å². The molecule has 10 heavy (non-hydrogen) atoms. The minimum Gasteiger partial charge on any atom is -0.388 e. The van der Waals surface area contributed by atoms with Crippen LogP contribution < -0.4 is 0 Å². The summed E-state index contributed by atoms with van der Waals surface area (Å²) in [6, 6.07) is 0. The van der Waals surface area contributed by atoms with Crippen molar-refractivity contribution in [1.29, 1.82) is 0 Å². The molecule has 0 heterocycles. The second-order valence-electron chi connectivity index (χ2n) is 3.14. The van der Waals surface area contributed by atoms with Crippen LogP contribution in [0.25, 0.3) is 0 Å². The van der Waals surface area contributed by atoms with Crippen LogP contribution >= 0.6 is 11.6 Å². The van der Waals surface area contributed by atoms with Crippen LogP contribution in [0.15, 0.2) is 12.2 Å². The lowest BCUT2D eigenvalue weighted by molar-refractivity contribution is 0.0424. The molecule has 1 aliphatic carbocycles. The first-order valence-corrected chi connectivity index (χ1v) is 4.15. The van der Waals surface area contributed by atoms with Crippen molar-refractivity contribution in [2.24, 2.45) is 0 Å². The molecule has 1 atom stereocenters. The van der Waals surface area contributed by atoms with Gasteiger partial charge in [-0.1, -0.05) is 12.2 Å². The van der Waals surface area contributed by atoms with Gasteiger partial charge in [0.05, 0.1) is 11.5 Å². The van der Waals surface area contributed by atoms with Crippen LogP contribution in [-0.2, 0) is 0 Å². The Bertz CT molecular complexity index is 144. The molecule has 0 bridgehead atoms. The highest BCUT2D eigenvalue weighted by Crippen LogP contribution is 2.31. The molecular formula is C8H13ClO. The summed E-state index contributed by atoms with van der Waals surface area (Å²) < 4.78 is 0. The normalized spacial score (nSPS) is 34.4. The molecule has 0 aromatic carbocycles. The third-order valence-corrected chi connectivity index (χ3v) is 2.50. The SMILES string of the molecule is C=C1CCCC(O)(CCl)C1. The molecular weight excluding hydrogens is 148 g/mol. The highest BCUT2D eigenvalue weighted by Gasteiger charge is 2.29. The molecule has 0 aromatic rings. The average Bonchev–Trinajstić information content (AvgIpc) is 1.88. The molecule has 58 valence electrons. The van der Waals surface area contributed by atoms with Crippen molar-refractivity contribution >= 4 is 11.6 Å². The van der Waals surface area contributed by atoms with E-state index in [4.69, 9.17) is 11.6 Å². The van der Waals surface area contributed by atoms with Gasteiger partial charge in [-0.25, -0.2) is 0 Å². The fourth-order valence-corrected chi connectivity index (χ4v) is 1.65. The van der Waals surface area contributed by atoms with Crippen LogP contribution in [0.2, 0.25) is 0 Å². The van der Waals surface area contributed by atoms with E-state index in [1.807, 2.05) is 0 Å². The smallest absolute Gasteiger partial charge is 0.0819 e. The molecule has 0 amide bonds. The summed E-state index contributed by atoms with van der Waals surface area (Å²) in [6.07, 6.45) is 3.60. The van der Waals surface area contributed by atoms with E-state index in [1.54, 1.807) is 0 Å². The van der Waals surface area contributed by atoms with E-state index in [2.05, 4.69) is 6.58 Å². The van der Waals surface area contributed by atoms with Gasteiger partial charge in [0.15, 0.2) is 0 Å². The Labute approximate surface area is 66.7 Å². The molecule has 0 radical (unpaired) electrons. The maximum atomic E-state index is 9.66. The first-order chi connectivity index (χ1) is 4.66. The van der Waals surface area contributed by atoms with Crippen molar-refractivity contribution < 1.29 is 5.11 Å². The van der Waals surface area contributed by atoms with Gasteiger partial charge in [-0.2, -0.15) is 0 Å². The first-order valence-electron chi connectivity index (χ1n) is 3.61. The van der Waals surface area contributed by atoms with Gasteiger partial charge >= 0.3 is 0 Å². The van der Waals surface area contributed by atoms with Gasteiger partial charge in [0, 0.05) is 0 Å². The van der Waals surface area contributed by atoms with Crippen LogP contribution in [0.4, 0.5) is 0 Å². The Morgan fingerprint density at radius 1 is 1.70 bits per heavy atom. The molecule has 2 heteroatoms. The Morgan fingerprint density at radius 2 is 2.40 bits per heavy atom. The van der Waals surface area contributed by atoms with E-state index in [1.165, 1.54) is 0 Å². The quantitative estimate of drug-likeness (QED) is 0.460. The van der Waals surface area contributed by atoms with Crippen molar-refractivity contribution in [2.45, 2.75) is 31.3 Å². The van der Waals surface area contributed by atoms with E-state index in [-0.39, 0.29) is 0 Å². The molecule has 1 unspecified atom stereocenters. The number of rotatable bonds is 1. The molecule has 1 N–H and O–H groups in total. The number of alkyl halides is 1. The Morgan fingerprint density at radius 3 is 2.80 bits per heavy atom. The summed E-state index contributed by atoms with van der Waals surface area (Å²) in [7, 11) is 0. The highest BCUT2D eigenvalue weighted by molar-refractivity contribution is 6.18. The van der Waals surface area contributed by atoms with Crippen LogP contribution in [0, 0.1) is 0 Å². The Hall–Kier alpha value is -0.0100. The van der Waals surface area contributed by atoms with Gasteiger partial charge in [-0.3, -0.25) is 0 Å². The number of hydrogen-bond acceptors (Lipinski definition) is 1. The fourth-order valence-electron chi connectivity index (χ4n) is 1.42. The van der Waals surface area contributed by atoms with Gasteiger partial charge in [-0.15, -0.1) is 11.6 Å². The summed E-state index contributed by atoms with van der Waals surface area (Å²) in [6.45, 7) is 3.84. The van der Waals surface area contributed by atoms with E-state index < -0.39 is 5.60 Å². The molecule has 0 saturated heterocycles. The van der Waals surface area contributed by atoms with Gasteiger partial charge in [0.1, 0.15) is 0 Å². The minimum atomic E-state index is -0.642. The number of hydrogen-bond donors (Lipinski definition) is 1. The van der Waals surface area contributed by atoms with E-state index >= 15 is 0 Å². The molecule has 1 fully saturated rings. The lowest BCUT2D eigenvalue weighted by atomic mass is 9.84. The lowest BCUT2D eigenvalue weighted by Gasteiger charge is -2.31. The van der Waals surface area contributed by atoms with Crippen molar-refractivity contribution in [3.8, 4) is 0 Å². The van der Waals surface area contributed by atoms with Crippen molar-refractivity contribution in [3.05, 3.63) is 12.2 Å². The van der Waals surface area contributed by atoms with Gasteiger partial charge in [-0.05, 0) is 25.7 Å². The second kappa shape index (κ2) is 2.93. The highest BCUT2D eigenvalue weighted by atomic mass is 35.5. The van der Waals surface area contributed by atoms with Crippen LogP contribution in [-0.4, -0.2) is 16.6 Å².